The number of carboxylic acid groups (broad SMARTS) is 1. The van der Waals surface area contributed by atoms with Crippen molar-refractivity contribution in [1.29, 1.82) is 0 Å². The summed E-state index contributed by atoms with van der Waals surface area (Å²) in [5.74, 6) is -11.7. The number of carboxylic acids is 1. The maximum absolute atomic E-state index is 14.5. The number of benzene rings is 1. The Kier molecular flexibility index (Phi) is 26.6. The molecule has 2 heterocycles. The first kappa shape index (κ1) is 59.3. The number of unbranched alkanes of at least 4 members (excludes halogenated alkanes) is 1. The van der Waals surface area contributed by atoms with Gasteiger partial charge < -0.3 is 48.5 Å². The zero-order valence-corrected chi connectivity index (χ0v) is 42.9. The third kappa shape index (κ3) is 22.4. The monoisotopic (exact) mass is 1030 g/mol. The zero-order valence-electron chi connectivity index (χ0n) is 40.5. The molecule has 3 rings (SSSR count). The molecule has 70 heavy (non-hydrogen) atoms. The number of nitrogens with two attached hydrogens (primary N) is 2. The second-order valence-electron chi connectivity index (χ2n) is 18.2. The average Bonchev–Trinajstić information content (AvgIpc) is 3.29. The van der Waals surface area contributed by atoms with Gasteiger partial charge in [-0.15, -0.1) is 11.8 Å². The second-order valence-corrected chi connectivity index (χ2v) is 21.8. The summed E-state index contributed by atoms with van der Waals surface area (Å²) >= 11 is 1.07. The number of aliphatic carboxylic acids is 1. The Morgan fingerprint density at radius 3 is 1.99 bits per heavy atom. The lowest BCUT2D eigenvalue weighted by atomic mass is 9.90. The van der Waals surface area contributed by atoms with Crippen LogP contribution in [-0.4, -0.2) is 143 Å². The number of hydrogen-bond acceptors (Lipinski definition) is 15. The Labute approximate surface area is 421 Å². The van der Waals surface area contributed by atoms with Crippen molar-refractivity contribution in [3.8, 4) is 0 Å². The van der Waals surface area contributed by atoms with Gasteiger partial charge in [0.05, 0.1) is 42.8 Å². The van der Waals surface area contributed by atoms with Gasteiger partial charge in [-0.3, -0.25) is 52.9 Å². The van der Waals surface area contributed by atoms with Crippen LogP contribution < -0.4 is 43.4 Å². The average molecular weight is 1030 g/mol. The molecule has 0 aliphatic carbocycles. The second kappa shape index (κ2) is 31.4. The van der Waals surface area contributed by atoms with Gasteiger partial charge in [-0.1, -0.05) is 79.6 Å². The fourth-order valence-corrected chi connectivity index (χ4v) is 11.0. The Hall–Kier alpha value is -5.00. The number of aliphatic imine (C=N–C) groups is 1. The van der Waals surface area contributed by atoms with Crippen LogP contribution in [0.5, 0.6) is 0 Å². The number of hydrogen-bond donors (Lipinski definition) is 9. The van der Waals surface area contributed by atoms with Crippen LogP contribution in [0.15, 0.2) is 35.3 Å². The van der Waals surface area contributed by atoms with Crippen molar-refractivity contribution in [3.63, 3.8) is 0 Å². The summed E-state index contributed by atoms with van der Waals surface area (Å²) in [4.78, 5) is 142. The van der Waals surface area contributed by atoms with Crippen LogP contribution in [0, 0.1) is 23.7 Å². The number of Topliss-reactive ketones (excluding diaryl/α,β-unsaturated/α-hetero) is 4. The van der Waals surface area contributed by atoms with Crippen LogP contribution in [0.4, 0.5) is 0 Å². The molecular formula is C47H71N9O11S3. The predicted molar refractivity (Wildman–Crippen MR) is 271 cm³/mol. The van der Waals surface area contributed by atoms with E-state index in [0.29, 0.717) is 24.9 Å². The summed E-state index contributed by atoms with van der Waals surface area (Å²) in [5.41, 5.74) is 11.7. The third-order valence-electron chi connectivity index (χ3n) is 11.5. The van der Waals surface area contributed by atoms with E-state index in [1.165, 1.54) is 0 Å². The van der Waals surface area contributed by atoms with Gasteiger partial charge in [-0.05, 0) is 50.6 Å². The van der Waals surface area contributed by atoms with Crippen LogP contribution >= 0.6 is 33.3 Å². The summed E-state index contributed by atoms with van der Waals surface area (Å²) in [6, 6.07) is 4.37. The Bertz CT molecular complexity index is 2010. The van der Waals surface area contributed by atoms with Gasteiger partial charge in [-0.2, -0.15) is 0 Å². The highest BCUT2D eigenvalue weighted by atomic mass is 33.1. The maximum Gasteiger partial charge on any atom is 0.304 e. The lowest BCUT2D eigenvalue weighted by molar-refractivity contribution is -0.142. The van der Waals surface area contributed by atoms with Crippen LogP contribution in [0.3, 0.4) is 0 Å². The fraction of sp³-hybridized carbons (Fsp3) is 0.638. The van der Waals surface area contributed by atoms with Crippen molar-refractivity contribution in [2.75, 3.05) is 42.6 Å². The molecule has 388 valence electrons. The number of carbonyl (C=O) groups excluding carboxylic acids is 9. The number of thioether (sulfide) groups is 1. The van der Waals surface area contributed by atoms with Gasteiger partial charge in [-0.25, -0.2) is 0 Å². The third-order valence-corrected chi connectivity index (χ3v) is 15.0. The zero-order chi connectivity index (χ0) is 51.8. The van der Waals surface area contributed by atoms with E-state index in [0.717, 1.165) is 33.3 Å². The van der Waals surface area contributed by atoms with E-state index >= 15 is 0 Å². The number of ketones is 4. The number of nitrogens with zero attached hydrogens (tertiary/aromatic N) is 1. The Morgan fingerprint density at radius 1 is 0.743 bits per heavy atom. The van der Waals surface area contributed by atoms with Gasteiger partial charge in [0.1, 0.15) is 6.04 Å². The molecule has 1 aromatic carbocycles. The smallest absolute Gasteiger partial charge is 0.304 e. The highest BCUT2D eigenvalue weighted by molar-refractivity contribution is 8.76. The van der Waals surface area contributed by atoms with Crippen molar-refractivity contribution >= 4 is 97.9 Å². The van der Waals surface area contributed by atoms with E-state index in [-0.39, 0.29) is 73.0 Å². The lowest BCUT2D eigenvalue weighted by Gasteiger charge is -2.26. The maximum atomic E-state index is 14.5. The van der Waals surface area contributed by atoms with Crippen LogP contribution in [0.25, 0.3) is 0 Å². The topological polar surface area (TPSA) is 328 Å². The van der Waals surface area contributed by atoms with E-state index in [1.54, 1.807) is 44.2 Å². The molecule has 1 aromatic rings. The molecule has 2 bridgehead atoms. The van der Waals surface area contributed by atoms with Gasteiger partial charge in [0.25, 0.3) is 0 Å². The molecule has 11 N–H and O–H groups in total. The molecule has 5 amide bonds. The lowest BCUT2D eigenvalue weighted by Crippen LogP contribution is -2.53. The normalized spacial score (nSPS) is 24.6. The van der Waals surface area contributed by atoms with Crippen molar-refractivity contribution < 1.29 is 53.1 Å². The highest BCUT2D eigenvalue weighted by Gasteiger charge is 2.36. The molecule has 0 radical (unpaired) electrons. The van der Waals surface area contributed by atoms with Gasteiger partial charge in [0.2, 0.25) is 29.5 Å². The van der Waals surface area contributed by atoms with Crippen molar-refractivity contribution in [1.82, 2.24) is 31.9 Å². The summed E-state index contributed by atoms with van der Waals surface area (Å²) in [6.45, 7) is 7.51. The highest BCUT2D eigenvalue weighted by Crippen LogP contribution is 2.27. The van der Waals surface area contributed by atoms with E-state index in [4.69, 9.17) is 11.5 Å². The molecule has 0 unspecified atom stereocenters. The quantitative estimate of drug-likeness (QED) is 0.0484. The summed E-state index contributed by atoms with van der Waals surface area (Å²) in [5, 5.41) is 26.7. The number of carbonyl (C=O) groups is 10. The minimum Gasteiger partial charge on any atom is -0.481 e. The number of fused-ring (bicyclic) bond motifs is 5. The predicted octanol–water partition coefficient (Wildman–Crippen LogP) is 1.07. The molecular weight excluding hydrogens is 963 g/mol. The molecule has 2 aliphatic heterocycles. The molecule has 0 aromatic heterocycles. The molecule has 0 spiro atoms. The first-order chi connectivity index (χ1) is 33.2. The van der Waals surface area contributed by atoms with Crippen LogP contribution in [-0.2, 0) is 54.4 Å². The number of amides is 5. The van der Waals surface area contributed by atoms with Gasteiger partial charge in [0.15, 0.2) is 29.1 Å². The van der Waals surface area contributed by atoms with E-state index in [9.17, 15) is 53.1 Å². The van der Waals surface area contributed by atoms with Crippen molar-refractivity contribution in [2.45, 2.75) is 122 Å². The standard InChI is InChI=1S/C47H71N9O11S3/c1-27(2)42(63)37-23-68-26-40(60)53-34(14-8-9-15-50-28(3)4)46(67)55-36-25-70-69-24-35(39(59)20-31(44(65)56-37)17-29-11-6-5-7-12-29)54-45(66)32(21-41(61)62)18-33(57)22-52-43(64)30(19-38(36)58)13-10-16-51-47(48)49/h5-7,11-12,27-28,30-32,34-37,50H,8-10,13-26H2,1-4H3,(H,52,64)(H,53,60)(H,54,66)(H,55,67)(H,56,65)(H,61,62)(H4,48,49,51)/t30-,31-,32+,34+,35+,36+,37+/m1/s1. The molecule has 2 saturated heterocycles. The number of nitrogens with one attached hydrogen (secondary N) is 6. The number of guanidine groups is 1. The Morgan fingerprint density at radius 2 is 1.37 bits per heavy atom. The molecule has 20 nitrogen and oxygen atoms in total. The number of rotatable bonds is 16. The summed E-state index contributed by atoms with van der Waals surface area (Å²) in [6.07, 6.45) is -0.424. The van der Waals surface area contributed by atoms with Crippen molar-refractivity contribution in [3.05, 3.63) is 35.9 Å². The summed E-state index contributed by atoms with van der Waals surface area (Å²) in [7, 11) is 2.15. The SMILES string of the molecule is CC(C)NCCCC[C@@H]1NC(=O)CSC[C@@H](C(=O)C(C)C)NC(=O)[C@H](Cc2ccccc2)CC(=O)[C@@H]2CSSC[C@H](NC1=O)C(=O)C[C@@H](CCCN=C(N)N)C(=O)NCC(=O)C[C@@H](CC(=O)O)C(=O)N2. The van der Waals surface area contributed by atoms with Gasteiger partial charge >= 0.3 is 5.97 Å². The first-order valence-electron chi connectivity index (χ1n) is 23.7. The Balaban J connectivity index is 2.16. The van der Waals surface area contributed by atoms with Gasteiger partial charge in [0, 0.05) is 66.9 Å². The fourth-order valence-electron chi connectivity index (χ4n) is 7.69. The molecule has 2 fully saturated rings. The summed E-state index contributed by atoms with van der Waals surface area (Å²) < 4.78 is 0. The van der Waals surface area contributed by atoms with E-state index < -0.39 is 133 Å². The molecule has 0 saturated carbocycles. The first-order valence-corrected chi connectivity index (χ1v) is 27.3. The molecule has 7 atom stereocenters. The van der Waals surface area contributed by atoms with Crippen LogP contribution in [0.1, 0.15) is 91.0 Å². The van der Waals surface area contributed by atoms with E-state index in [1.807, 2.05) is 13.8 Å². The van der Waals surface area contributed by atoms with Crippen LogP contribution in [0.2, 0.25) is 0 Å². The minimum atomic E-state index is -1.45. The minimum absolute atomic E-state index is 0.0204. The molecule has 2 aliphatic rings. The molecule has 23 heteroatoms. The van der Waals surface area contributed by atoms with E-state index in [2.05, 4.69) is 36.9 Å². The van der Waals surface area contributed by atoms with Crippen molar-refractivity contribution in [2.24, 2.45) is 40.1 Å². The largest absolute Gasteiger partial charge is 0.481 e.